The molecular formula is C13H8Br2O. The van der Waals surface area contributed by atoms with E-state index in [1.54, 1.807) is 0 Å². The molecule has 2 rings (SSSR count). The second-order valence-electron chi connectivity index (χ2n) is 3.33. The molecule has 0 unspecified atom stereocenters. The van der Waals surface area contributed by atoms with E-state index in [0.29, 0.717) is 5.56 Å². The van der Waals surface area contributed by atoms with Gasteiger partial charge in [-0.25, -0.2) is 0 Å². The standard InChI is InChI=1S/C13H8Br2O/c14-10-5-6-13(15)12(7-10)11-4-2-1-3-9(11)8-16/h1-8H. The molecule has 0 aliphatic heterocycles. The minimum Gasteiger partial charge on any atom is -0.298 e. The van der Waals surface area contributed by atoms with E-state index in [-0.39, 0.29) is 0 Å². The first-order chi connectivity index (χ1) is 7.72. The van der Waals surface area contributed by atoms with Crippen LogP contribution in [0.1, 0.15) is 10.4 Å². The van der Waals surface area contributed by atoms with E-state index < -0.39 is 0 Å². The second-order valence-corrected chi connectivity index (χ2v) is 5.10. The molecule has 1 nitrogen and oxygen atoms in total. The second kappa shape index (κ2) is 4.93. The fourth-order valence-electron chi connectivity index (χ4n) is 1.55. The molecule has 0 atom stereocenters. The molecule has 0 amide bonds. The number of carbonyl (C=O) groups excluding carboxylic acids is 1. The van der Waals surface area contributed by atoms with E-state index >= 15 is 0 Å². The summed E-state index contributed by atoms with van der Waals surface area (Å²) >= 11 is 6.92. The molecule has 0 aliphatic rings. The van der Waals surface area contributed by atoms with Crippen LogP contribution in [0, 0.1) is 0 Å². The molecule has 3 heteroatoms. The molecule has 0 N–H and O–H groups in total. The van der Waals surface area contributed by atoms with Crippen LogP contribution in [0.5, 0.6) is 0 Å². The third kappa shape index (κ3) is 2.25. The molecule has 80 valence electrons. The van der Waals surface area contributed by atoms with Gasteiger partial charge in [0.1, 0.15) is 0 Å². The summed E-state index contributed by atoms with van der Waals surface area (Å²) in [5.74, 6) is 0. The van der Waals surface area contributed by atoms with Gasteiger partial charge in [0, 0.05) is 14.5 Å². The number of rotatable bonds is 2. The SMILES string of the molecule is O=Cc1ccccc1-c1cc(Br)ccc1Br. The third-order valence-electron chi connectivity index (χ3n) is 2.31. The number of halogens is 2. The number of carbonyl (C=O) groups is 1. The van der Waals surface area contributed by atoms with Crippen LogP contribution in [-0.4, -0.2) is 6.29 Å². The zero-order chi connectivity index (χ0) is 11.5. The summed E-state index contributed by atoms with van der Waals surface area (Å²) in [6, 6.07) is 13.4. The van der Waals surface area contributed by atoms with Crippen LogP contribution in [-0.2, 0) is 0 Å². The molecule has 0 radical (unpaired) electrons. The minimum absolute atomic E-state index is 0.696. The fourth-order valence-corrected chi connectivity index (χ4v) is 2.37. The van der Waals surface area contributed by atoms with Crippen molar-refractivity contribution in [1.29, 1.82) is 0 Å². The summed E-state index contributed by atoms with van der Waals surface area (Å²) in [6.07, 6.45) is 0.878. The van der Waals surface area contributed by atoms with Crippen LogP contribution in [0.15, 0.2) is 51.4 Å². The number of benzene rings is 2. The summed E-state index contributed by atoms with van der Waals surface area (Å²) in [6.45, 7) is 0. The van der Waals surface area contributed by atoms with Gasteiger partial charge < -0.3 is 0 Å². The number of hydrogen-bond acceptors (Lipinski definition) is 1. The van der Waals surface area contributed by atoms with Crippen molar-refractivity contribution in [3.05, 3.63) is 57.0 Å². The molecule has 0 heterocycles. The van der Waals surface area contributed by atoms with Gasteiger partial charge >= 0.3 is 0 Å². The highest BCUT2D eigenvalue weighted by atomic mass is 79.9. The largest absolute Gasteiger partial charge is 0.298 e. The Hall–Kier alpha value is -0.930. The molecule has 0 saturated heterocycles. The van der Waals surface area contributed by atoms with Gasteiger partial charge in [-0.1, -0.05) is 56.1 Å². The Kier molecular flexibility index (Phi) is 3.56. The van der Waals surface area contributed by atoms with Gasteiger partial charge in [-0.2, -0.15) is 0 Å². The third-order valence-corrected chi connectivity index (χ3v) is 3.49. The van der Waals surface area contributed by atoms with E-state index in [0.717, 1.165) is 26.4 Å². The van der Waals surface area contributed by atoms with Gasteiger partial charge in [0.25, 0.3) is 0 Å². The first kappa shape index (κ1) is 11.6. The topological polar surface area (TPSA) is 17.1 Å². The van der Waals surface area contributed by atoms with Crippen molar-refractivity contribution in [3.8, 4) is 11.1 Å². The minimum atomic E-state index is 0.696. The summed E-state index contributed by atoms with van der Waals surface area (Å²) in [4.78, 5) is 11.0. The summed E-state index contributed by atoms with van der Waals surface area (Å²) < 4.78 is 1.97. The monoisotopic (exact) mass is 338 g/mol. The molecule has 0 saturated carbocycles. The van der Waals surface area contributed by atoms with E-state index in [1.807, 2.05) is 42.5 Å². The van der Waals surface area contributed by atoms with Gasteiger partial charge in [0.2, 0.25) is 0 Å². The van der Waals surface area contributed by atoms with Gasteiger partial charge in [-0.3, -0.25) is 4.79 Å². The molecule has 0 bridgehead atoms. The quantitative estimate of drug-likeness (QED) is 0.725. The molecule has 0 aromatic heterocycles. The molecule has 16 heavy (non-hydrogen) atoms. The Morgan fingerprint density at radius 3 is 2.44 bits per heavy atom. The van der Waals surface area contributed by atoms with Crippen LogP contribution in [0.25, 0.3) is 11.1 Å². The van der Waals surface area contributed by atoms with E-state index in [1.165, 1.54) is 0 Å². The van der Waals surface area contributed by atoms with E-state index in [4.69, 9.17) is 0 Å². The Balaban J connectivity index is 2.66. The first-order valence-electron chi connectivity index (χ1n) is 4.72. The van der Waals surface area contributed by atoms with Crippen LogP contribution in [0.2, 0.25) is 0 Å². The normalized spacial score (nSPS) is 10.1. The first-order valence-corrected chi connectivity index (χ1v) is 6.30. The van der Waals surface area contributed by atoms with Crippen LogP contribution in [0.4, 0.5) is 0 Å². The molecule has 2 aromatic rings. The van der Waals surface area contributed by atoms with Crippen molar-refractivity contribution in [1.82, 2.24) is 0 Å². The van der Waals surface area contributed by atoms with Crippen LogP contribution >= 0.6 is 31.9 Å². The number of aldehydes is 1. The highest BCUT2D eigenvalue weighted by Gasteiger charge is 2.07. The van der Waals surface area contributed by atoms with Gasteiger partial charge in [-0.15, -0.1) is 0 Å². The fraction of sp³-hybridized carbons (Fsp3) is 0. The van der Waals surface area contributed by atoms with E-state index in [9.17, 15) is 4.79 Å². The van der Waals surface area contributed by atoms with Crippen molar-refractivity contribution >= 4 is 38.1 Å². The Bertz CT molecular complexity index is 535. The predicted octanol–water partition coefficient (Wildman–Crippen LogP) is 4.69. The summed E-state index contributed by atoms with van der Waals surface area (Å²) in [7, 11) is 0. The summed E-state index contributed by atoms with van der Waals surface area (Å²) in [5.41, 5.74) is 2.64. The Morgan fingerprint density at radius 1 is 0.938 bits per heavy atom. The van der Waals surface area contributed by atoms with Crippen LogP contribution < -0.4 is 0 Å². The average Bonchev–Trinajstić information content (AvgIpc) is 2.32. The lowest BCUT2D eigenvalue weighted by Crippen LogP contribution is -1.87. The van der Waals surface area contributed by atoms with Crippen molar-refractivity contribution in [2.75, 3.05) is 0 Å². The maximum absolute atomic E-state index is 11.0. The molecular weight excluding hydrogens is 332 g/mol. The average molecular weight is 340 g/mol. The maximum atomic E-state index is 11.0. The highest BCUT2D eigenvalue weighted by Crippen LogP contribution is 2.32. The van der Waals surface area contributed by atoms with Crippen molar-refractivity contribution in [2.45, 2.75) is 0 Å². The molecule has 0 spiro atoms. The number of hydrogen-bond donors (Lipinski definition) is 0. The molecule has 2 aromatic carbocycles. The Morgan fingerprint density at radius 2 is 1.69 bits per heavy atom. The maximum Gasteiger partial charge on any atom is 0.150 e. The van der Waals surface area contributed by atoms with Gasteiger partial charge in [0.05, 0.1) is 0 Å². The van der Waals surface area contributed by atoms with E-state index in [2.05, 4.69) is 31.9 Å². The van der Waals surface area contributed by atoms with Crippen molar-refractivity contribution < 1.29 is 4.79 Å². The van der Waals surface area contributed by atoms with Crippen LogP contribution in [0.3, 0.4) is 0 Å². The van der Waals surface area contributed by atoms with Gasteiger partial charge in [-0.05, 0) is 29.3 Å². The van der Waals surface area contributed by atoms with Gasteiger partial charge in [0.15, 0.2) is 6.29 Å². The lowest BCUT2D eigenvalue weighted by molar-refractivity contribution is 0.112. The van der Waals surface area contributed by atoms with Crippen molar-refractivity contribution in [2.24, 2.45) is 0 Å². The molecule has 0 aliphatic carbocycles. The smallest absolute Gasteiger partial charge is 0.150 e. The zero-order valence-corrected chi connectivity index (χ0v) is 11.5. The van der Waals surface area contributed by atoms with Crippen molar-refractivity contribution in [3.63, 3.8) is 0 Å². The lowest BCUT2D eigenvalue weighted by atomic mass is 10.0. The lowest BCUT2D eigenvalue weighted by Gasteiger charge is -2.07. The zero-order valence-electron chi connectivity index (χ0n) is 8.28. The molecule has 0 fully saturated rings. The Labute approximate surface area is 111 Å². The summed E-state index contributed by atoms with van der Waals surface area (Å²) in [5, 5.41) is 0. The predicted molar refractivity (Wildman–Crippen MR) is 72.7 cm³/mol. The highest BCUT2D eigenvalue weighted by molar-refractivity contribution is 9.11.